The van der Waals surface area contributed by atoms with Gasteiger partial charge in [-0.1, -0.05) is 182 Å². The van der Waals surface area contributed by atoms with Crippen LogP contribution in [0.15, 0.2) is 188 Å². The number of rotatable bonds is 7. The second kappa shape index (κ2) is 14.0. The van der Waals surface area contributed by atoms with Gasteiger partial charge in [-0.05, 0) is 43.1 Å². The summed E-state index contributed by atoms with van der Waals surface area (Å²) in [6.45, 7) is 0. The predicted octanol–water partition coefficient (Wildman–Crippen LogP) is 4.47. The van der Waals surface area contributed by atoms with Crippen LogP contribution in [0, 0.1) is 0 Å². The van der Waals surface area contributed by atoms with Crippen molar-refractivity contribution in [2.75, 3.05) is 0 Å². The van der Waals surface area contributed by atoms with Crippen LogP contribution in [-0.2, 0) is 16.5 Å². The van der Waals surface area contributed by atoms with Gasteiger partial charge in [0.25, 0.3) is 10.0 Å². The lowest BCUT2D eigenvalue weighted by Crippen LogP contribution is -2.77. The molecular formula is C38H34O4Si4. The molecule has 6 aromatic carbocycles. The Morgan fingerprint density at radius 1 is 0.457 bits per heavy atom. The summed E-state index contributed by atoms with van der Waals surface area (Å²) in [6, 6.07) is 62.6. The third-order valence-corrected chi connectivity index (χ3v) is 21.6. The van der Waals surface area contributed by atoms with Crippen LogP contribution in [0.1, 0.15) is 11.1 Å². The Morgan fingerprint density at radius 3 is 1.20 bits per heavy atom. The quantitative estimate of drug-likeness (QED) is 0.236. The van der Waals surface area contributed by atoms with E-state index in [9.17, 15) is 0 Å². The van der Waals surface area contributed by atoms with E-state index >= 15 is 0 Å². The molecule has 0 bridgehead atoms. The van der Waals surface area contributed by atoms with Gasteiger partial charge >= 0.3 is 26.4 Å². The van der Waals surface area contributed by atoms with Gasteiger partial charge in [-0.3, -0.25) is 0 Å². The van der Waals surface area contributed by atoms with Gasteiger partial charge in [-0.2, -0.15) is 0 Å². The molecule has 0 amide bonds. The maximum atomic E-state index is 7.83. The minimum Gasteiger partial charge on any atom is -0.419 e. The zero-order chi connectivity index (χ0) is 31.1. The summed E-state index contributed by atoms with van der Waals surface area (Å²) < 4.78 is 29.5. The summed E-state index contributed by atoms with van der Waals surface area (Å²) in [7, 11) is -11.0. The third kappa shape index (κ3) is 6.25. The Balaban J connectivity index is 1.46. The monoisotopic (exact) mass is 666 g/mol. The molecule has 0 N–H and O–H groups in total. The van der Waals surface area contributed by atoms with E-state index in [4.69, 9.17) is 16.5 Å². The largest absolute Gasteiger partial charge is 0.419 e. The fraction of sp³-hybridized carbons (Fsp3) is 0. The van der Waals surface area contributed by atoms with Crippen molar-refractivity contribution < 1.29 is 16.5 Å². The number of benzene rings is 6. The molecule has 0 aromatic heterocycles. The van der Waals surface area contributed by atoms with Crippen LogP contribution >= 0.6 is 0 Å². The average molecular weight is 667 g/mol. The van der Waals surface area contributed by atoms with Gasteiger partial charge in [0.2, 0.25) is 0 Å². The van der Waals surface area contributed by atoms with Gasteiger partial charge in [0.15, 0.2) is 0 Å². The highest BCUT2D eigenvalue weighted by Crippen LogP contribution is 2.27. The zero-order valence-corrected chi connectivity index (χ0v) is 29.9. The maximum absolute atomic E-state index is 7.83. The standard InChI is InChI=1S/C38H34O4Si4/c1-7-19-32(20-8-1)38(33-21-9-2-10-22-33)31-44-39-43-40-45(34-23-11-3-12-24-34,35-25-13-4-14-26-35)42-46(41-44,36-27-15-5-16-28-36)37-29-17-6-18-30-37/h1-31,44H,43H2. The Kier molecular flexibility index (Phi) is 9.28. The summed E-state index contributed by atoms with van der Waals surface area (Å²) in [5, 5.41) is 4.12. The molecule has 0 spiro atoms. The van der Waals surface area contributed by atoms with Gasteiger partial charge in [0.1, 0.15) is 0 Å². The molecule has 46 heavy (non-hydrogen) atoms. The summed E-state index contributed by atoms with van der Waals surface area (Å²) in [6.07, 6.45) is 0. The molecule has 1 fully saturated rings. The van der Waals surface area contributed by atoms with E-state index in [1.807, 2.05) is 36.4 Å². The number of hydrogen-bond donors (Lipinski definition) is 0. The SMILES string of the molecule is C(=C(c1ccccc1)c1ccccc1)[SiH]1O[SiH2]O[Si](c2ccccc2)(c2ccccc2)O[Si](c2ccccc2)(c2ccccc2)O1. The van der Waals surface area contributed by atoms with E-state index in [0.29, 0.717) is 0 Å². The maximum Gasteiger partial charge on any atom is 0.389 e. The summed E-state index contributed by atoms with van der Waals surface area (Å²) in [4.78, 5) is 0. The van der Waals surface area contributed by atoms with Crippen molar-refractivity contribution in [2.45, 2.75) is 0 Å². The van der Waals surface area contributed by atoms with E-state index in [0.717, 1.165) is 37.4 Å². The minimum absolute atomic E-state index is 1.02. The Bertz CT molecular complexity index is 1740. The predicted molar refractivity (Wildman–Crippen MR) is 196 cm³/mol. The van der Waals surface area contributed by atoms with Crippen LogP contribution < -0.4 is 20.7 Å². The second-order valence-corrected chi connectivity index (χ2v) is 21.4. The molecule has 6 aromatic rings. The molecule has 1 aliphatic rings. The van der Waals surface area contributed by atoms with E-state index < -0.39 is 36.4 Å². The first-order valence-electron chi connectivity index (χ1n) is 15.5. The fourth-order valence-electron chi connectivity index (χ4n) is 5.95. The zero-order valence-electron chi connectivity index (χ0n) is 25.3. The van der Waals surface area contributed by atoms with E-state index in [1.165, 1.54) is 0 Å². The van der Waals surface area contributed by atoms with Crippen molar-refractivity contribution >= 4 is 62.7 Å². The lowest BCUT2D eigenvalue weighted by Gasteiger charge is -2.44. The van der Waals surface area contributed by atoms with Crippen molar-refractivity contribution in [3.05, 3.63) is 199 Å². The summed E-state index contributed by atoms with van der Waals surface area (Å²) >= 11 is 0. The lowest BCUT2D eigenvalue weighted by molar-refractivity contribution is 0.295. The van der Waals surface area contributed by atoms with Crippen molar-refractivity contribution in [3.8, 4) is 0 Å². The Labute approximate surface area is 277 Å². The molecule has 4 nitrogen and oxygen atoms in total. The van der Waals surface area contributed by atoms with Gasteiger partial charge in [0, 0.05) is 0 Å². The van der Waals surface area contributed by atoms with Crippen molar-refractivity contribution in [1.29, 1.82) is 0 Å². The minimum atomic E-state index is -3.50. The molecule has 0 saturated carbocycles. The van der Waals surface area contributed by atoms with Crippen LogP contribution in [-0.4, -0.2) is 36.4 Å². The highest BCUT2D eigenvalue weighted by atomic mass is 28.5. The van der Waals surface area contributed by atoms with Crippen LogP contribution in [0.2, 0.25) is 0 Å². The molecule has 1 saturated heterocycles. The normalized spacial score (nSPS) is 17.8. The topological polar surface area (TPSA) is 36.9 Å². The molecular weight excluding hydrogens is 633 g/mol. The van der Waals surface area contributed by atoms with Crippen molar-refractivity contribution in [2.24, 2.45) is 0 Å². The molecule has 226 valence electrons. The van der Waals surface area contributed by atoms with Crippen LogP contribution in [0.4, 0.5) is 0 Å². The molecule has 8 heteroatoms. The highest BCUT2D eigenvalue weighted by molar-refractivity contribution is 7.07. The highest BCUT2D eigenvalue weighted by Gasteiger charge is 2.56. The first-order valence-corrected chi connectivity index (χ1v) is 21.8. The molecule has 1 unspecified atom stereocenters. The van der Waals surface area contributed by atoms with Gasteiger partial charge in [-0.25, -0.2) is 0 Å². The van der Waals surface area contributed by atoms with E-state index in [-0.39, 0.29) is 0 Å². The van der Waals surface area contributed by atoms with Gasteiger partial charge in [-0.15, -0.1) is 0 Å². The summed E-state index contributed by atoms with van der Waals surface area (Å²) in [5.74, 6) is 0. The first-order chi connectivity index (χ1) is 22.8. The lowest BCUT2D eigenvalue weighted by atomic mass is 10.00. The van der Waals surface area contributed by atoms with Crippen LogP contribution in [0.25, 0.3) is 5.57 Å². The average Bonchev–Trinajstić information content (AvgIpc) is 3.14. The van der Waals surface area contributed by atoms with Crippen molar-refractivity contribution in [1.82, 2.24) is 0 Å². The smallest absolute Gasteiger partial charge is 0.389 e. The molecule has 0 aliphatic carbocycles. The molecule has 1 atom stereocenters. The van der Waals surface area contributed by atoms with Gasteiger partial charge < -0.3 is 16.5 Å². The van der Waals surface area contributed by atoms with Crippen LogP contribution in [0.3, 0.4) is 0 Å². The number of hydrogen-bond acceptors (Lipinski definition) is 4. The molecule has 7 rings (SSSR count). The fourth-order valence-corrected chi connectivity index (χ4v) is 22.1. The van der Waals surface area contributed by atoms with Crippen molar-refractivity contribution in [3.63, 3.8) is 0 Å². The van der Waals surface area contributed by atoms with Gasteiger partial charge in [0.05, 0.1) is 0 Å². The second-order valence-electron chi connectivity index (χ2n) is 11.0. The summed E-state index contributed by atoms with van der Waals surface area (Å²) in [5.41, 5.74) is 5.55. The molecule has 1 heterocycles. The van der Waals surface area contributed by atoms with E-state index in [1.54, 1.807) is 0 Å². The van der Waals surface area contributed by atoms with E-state index in [2.05, 4.69) is 151 Å². The third-order valence-electron chi connectivity index (χ3n) is 8.15. The Hall–Kier alpha value is -4.23. The van der Waals surface area contributed by atoms with Crippen LogP contribution in [0.5, 0.6) is 0 Å². The molecule has 1 aliphatic heterocycles. The molecule has 0 radical (unpaired) electrons. The Morgan fingerprint density at radius 2 is 0.804 bits per heavy atom. The first kappa shape index (κ1) is 30.4.